The molecule has 126 valence electrons. The van der Waals surface area contributed by atoms with Crippen molar-refractivity contribution in [2.24, 2.45) is 5.73 Å². The Kier molecular flexibility index (Phi) is 4.71. The minimum atomic E-state index is -0.661. The molecule has 3 N–H and O–H groups in total. The van der Waals surface area contributed by atoms with Crippen LogP contribution in [-0.4, -0.2) is 29.4 Å². The standard InChI is InChI=1S/C17H13N3O4S/c18-16(22)11-3-1-2-4-12(11)20-15(21)8-24-17(23)10-5-6-13-14(7-10)25-9-19-13/h1-7,9H,8H2,(H2,18,22)(H,20,21). The molecule has 0 saturated heterocycles. The summed E-state index contributed by atoms with van der Waals surface area (Å²) in [6.07, 6.45) is 0. The molecule has 0 saturated carbocycles. The summed E-state index contributed by atoms with van der Waals surface area (Å²) in [7, 11) is 0. The number of thiazole rings is 1. The monoisotopic (exact) mass is 355 g/mol. The average molecular weight is 355 g/mol. The molecule has 2 amide bonds. The van der Waals surface area contributed by atoms with Gasteiger partial charge in [0.05, 0.1) is 32.5 Å². The SMILES string of the molecule is NC(=O)c1ccccc1NC(=O)COC(=O)c1ccc2ncsc2c1. The van der Waals surface area contributed by atoms with Crippen molar-refractivity contribution in [3.8, 4) is 0 Å². The van der Waals surface area contributed by atoms with E-state index in [2.05, 4.69) is 10.3 Å². The normalized spacial score (nSPS) is 10.4. The lowest BCUT2D eigenvalue weighted by Gasteiger charge is -2.09. The van der Waals surface area contributed by atoms with Crippen molar-refractivity contribution in [1.29, 1.82) is 0 Å². The molecule has 0 unspecified atom stereocenters. The van der Waals surface area contributed by atoms with Gasteiger partial charge in [0.15, 0.2) is 6.61 Å². The van der Waals surface area contributed by atoms with Gasteiger partial charge < -0.3 is 15.8 Å². The number of rotatable bonds is 5. The van der Waals surface area contributed by atoms with Crippen LogP contribution < -0.4 is 11.1 Å². The molecule has 0 atom stereocenters. The lowest BCUT2D eigenvalue weighted by molar-refractivity contribution is -0.119. The number of carbonyl (C=O) groups is 3. The molecule has 0 aliphatic heterocycles. The van der Waals surface area contributed by atoms with Crippen molar-refractivity contribution in [3.63, 3.8) is 0 Å². The van der Waals surface area contributed by atoms with E-state index in [1.165, 1.54) is 23.5 Å². The molecule has 1 heterocycles. The minimum absolute atomic E-state index is 0.179. The van der Waals surface area contributed by atoms with Gasteiger partial charge in [0.25, 0.3) is 11.8 Å². The van der Waals surface area contributed by atoms with E-state index in [1.807, 2.05) is 0 Å². The Labute approximate surface area is 146 Å². The summed E-state index contributed by atoms with van der Waals surface area (Å²) in [6, 6.07) is 11.3. The number of ether oxygens (including phenoxy) is 1. The van der Waals surface area contributed by atoms with Crippen molar-refractivity contribution in [2.45, 2.75) is 0 Å². The van der Waals surface area contributed by atoms with Crippen LogP contribution in [0.3, 0.4) is 0 Å². The Hall–Kier alpha value is -3.26. The molecule has 0 spiro atoms. The summed E-state index contributed by atoms with van der Waals surface area (Å²) in [5.74, 6) is -1.85. The molecule has 1 aromatic heterocycles. The minimum Gasteiger partial charge on any atom is -0.452 e. The molecular formula is C17H13N3O4S. The van der Waals surface area contributed by atoms with Crippen molar-refractivity contribution >= 4 is 45.0 Å². The van der Waals surface area contributed by atoms with Gasteiger partial charge in [-0.15, -0.1) is 11.3 Å². The molecule has 25 heavy (non-hydrogen) atoms. The van der Waals surface area contributed by atoms with Gasteiger partial charge in [-0.05, 0) is 30.3 Å². The first kappa shape index (κ1) is 16.6. The molecule has 3 rings (SSSR count). The molecule has 0 aliphatic carbocycles. The van der Waals surface area contributed by atoms with E-state index < -0.39 is 24.4 Å². The highest BCUT2D eigenvalue weighted by Gasteiger charge is 2.14. The van der Waals surface area contributed by atoms with E-state index in [0.29, 0.717) is 5.56 Å². The number of nitrogens with zero attached hydrogens (tertiary/aromatic N) is 1. The lowest BCUT2D eigenvalue weighted by Crippen LogP contribution is -2.23. The summed E-state index contributed by atoms with van der Waals surface area (Å²) >= 11 is 1.41. The number of aromatic nitrogens is 1. The molecule has 0 bridgehead atoms. The third kappa shape index (κ3) is 3.81. The van der Waals surface area contributed by atoms with Gasteiger partial charge in [-0.3, -0.25) is 9.59 Å². The Bertz CT molecular complexity index is 967. The largest absolute Gasteiger partial charge is 0.452 e. The Morgan fingerprint density at radius 3 is 2.76 bits per heavy atom. The van der Waals surface area contributed by atoms with Crippen LogP contribution in [-0.2, 0) is 9.53 Å². The van der Waals surface area contributed by atoms with Crippen molar-refractivity contribution in [3.05, 3.63) is 59.1 Å². The maximum absolute atomic E-state index is 12.1. The number of primary amides is 1. The van der Waals surface area contributed by atoms with Gasteiger partial charge in [-0.2, -0.15) is 0 Å². The maximum Gasteiger partial charge on any atom is 0.338 e. The van der Waals surface area contributed by atoms with E-state index in [9.17, 15) is 14.4 Å². The number of benzene rings is 2. The number of nitrogens with two attached hydrogens (primary N) is 1. The van der Waals surface area contributed by atoms with E-state index in [1.54, 1.807) is 35.8 Å². The van der Waals surface area contributed by atoms with Gasteiger partial charge in [-0.25, -0.2) is 9.78 Å². The highest BCUT2D eigenvalue weighted by molar-refractivity contribution is 7.16. The fraction of sp³-hybridized carbons (Fsp3) is 0.0588. The van der Waals surface area contributed by atoms with Gasteiger partial charge >= 0.3 is 5.97 Å². The van der Waals surface area contributed by atoms with Crippen LogP contribution in [0.1, 0.15) is 20.7 Å². The summed E-state index contributed by atoms with van der Waals surface area (Å²) in [4.78, 5) is 39.4. The summed E-state index contributed by atoms with van der Waals surface area (Å²) < 4.78 is 5.86. The topological polar surface area (TPSA) is 111 Å². The summed E-state index contributed by atoms with van der Waals surface area (Å²) in [5, 5.41) is 2.50. The molecular weight excluding hydrogens is 342 g/mol. The summed E-state index contributed by atoms with van der Waals surface area (Å²) in [5.41, 5.74) is 8.50. The predicted molar refractivity (Wildman–Crippen MR) is 93.5 cm³/mol. The molecule has 8 heteroatoms. The fourth-order valence-corrected chi connectivity index (χ4v) is 2.91. The van der Waals surface area contributed by atoms with E-state index in [4.69, 9.17) is 10.5 Å². The number of anilines is 1. The second-order valence-electron chi connectivity index (χ2n) is 5.07. The predicted octanol–water partition coefficient (Wildman–Crippen LogP) is 2.19. The van der Waals surface area contributed by atoms with Crippen LogP contribution in [0.15, 0.2) is 48.0 Å². The molecule has 0 aliphatic rings. The molecule has 0 fully saturated rings. The molecule has 2 aromatic carbocycles. The number of hydrogen-bond acceptors (Lipinski definition) is 6. The first-order chi connectivity index (χ1) is 12.0. The average Bonchev–Trinajstić information content (AvgIpc) is 3.07. The van der Waals surface area contributed by atoms with Gasteiger partial charge in [-0.1, -0.05) is 12.1 Å². The van der Waals surface area contributed by atoms with Crippen molar-refractivity contribution < 1.29 is 19.1 Å². The van der Waals surface area contributed by atoms with E-state index in [-0.39, 0.29) is 11.3 Å². The zero-order valence-electron chi connectivity index (χ0n) is 12.9. The lowest BCUT2D eigenvalue weighted by atomic mass is 10.1. The number of esters is 1. The van der Waals surface area contributed by atoms with E-state index >= 15 is 0 Å². The highest BCUT2D eigenvalue weighted by atomic mass is 32.1. The third-order valence-electron chi connectivity index (χ3n) is 3.37. The number of amides is 2. The molecule has 3 aromatic rings. The number of nitrogens with one attached hydrogen (secondary N) is 1. The number of fused-ring (bicyclic) bond motifs is 1. The fourth-order valence-electron chi connectivity index (χ4n) is 2.19. The zero-order valence-corrected chi connectivity index (χ0v) is 13.7. The van der Waals surface area contributed by atoms with Gasteiger partial charge in [0.1, 0.15) is 0 Å². The Morgan fingerprint density at radius 2 is 1.96 bits per heavy atom. The van der Waals surface area contributed by atoms with E-state index in [0.717, 1.165) is 10.2 Å². The third-order valence-corrected chi connectivity index (χ3v) is 4.16. The molecule has 0 radical (unpaired) electrons. The quantitative estimate of drug-likeness (QED) is 0.682. The van der Waals surface area contributed by atoms with Crippen LogP contribution in [0.4, 0.5) is 5.69 Å². The van der Waals surface area contributed by atoms with Crippen LogP contribution in [0.5, 0.6) is 0 Å². The van der Waals surface area contributed by atoms with Crippen LogP contribution in [0.25, 0.3) is 10.2 Å². The second kappa shape index (κ2) is 7.10. The first-order valence-electron chi connectivity index (χ1n) is 7.23. The van der Waals surface area contributed by atoms with Crippen molar-refractivity contribution in [2.75, 3.05) is 11.9 Å². The zero-order chi connectivity index (χ0) is 17.8. The van der Waals surface area contributed by atoms with Crippen LogP contribution >= 0.6 is 11.3 Å². The number of carbonyl (C=O) groups excluding carboxylic acids is 3. The Morgan fingerprint density at radius 1 is 1.16 bits per heavy atom. The number of hydrogen-bond donors (Lipinski definition) is 2. The smallest absolute Gasteiger partial charge is 0.338 e. The first-order valence-corrected chi connectivity index (χ1v) is 8.11. The van der Waals surface area contributed by atoms with Gasteiger partial charge in [0.2, 0.25) is 0 Å². The van der Waals surface area contributed by atoms with Crippen molar-refractivity contribution in [1.82, 2.24) is 4.98 Å². The second-order valence-corrected chi connectivity index (χ2v) is 5.96. The maximum atomic E-state index is 12.1. The number of para-hydroxylation sites is 1. The molecule has 7 nitrogen and oxygen atoms in total. The van der Waals surface area contributed by atoms with Crippen LogP contribution in [0.2, 0.25) is 0 Å². The highest BCUT2D eigenvalue weighted by Crippen LogP contribution is 2.19. The Balaban J connectivity index is 1.62. The van der Waals surface area contributed by atoms with Crippen LogP contribution in [0, 0.1) is 0 Å². The van der Waals surface area contributed by atoms with Gasteiger partial charge in [0, 0.05) is 0 Å². The summed E-state index contributed by atoms with van der Waals surface area (Å²) in [6.45, 7) is -0.480.